The molecule has 0 unspecified atom stereocenters. The summed E-state index contributed by atoms with van der Waals surface area (Å²) in [6.07, 6.45) is -4.97. The van der Waals surface area contributed by atoms with Crippen molar-refractivity contribution in [2.24, 2.45) is 5.73 Å². The summed E-state index contributed by atoms with van der Waals surface area (Å²) in [4.78, 5) is 14.3. The van der Waals surface area contributed by atoms with Crippen molar-refractivity contribution in [1.82, 2.24) is 4.98 Å². The maximum Gasteiger partial charge on any atom is 0.574 e. The Morgan fingerprint density at radius 2 is 2.17 bits per heavy atom. The molecule has 0 radical (unpaired) electrons. The Balaban J connectivity index is 3.32. The molecular formula is C9H9F3N2O4. The van der Waals surface area contributed by atoms with E-state index in [1.54, 1.807) is 0 Å². The lowest BCUT2D eigenvalue weighted by molar-refractivity contribution is -0.276. The molecule has 0 aliphatic rings. The smallest absolute Gasteiger partial charge is 0.481 e. The van der Waals surface area contributed by atoms with Gasteiger partial charge in [-0.2, -0.15) is 4.98 Å². The molecule has 0 bridgehead atoms. The Morgan fingerprint density at radius 1 is 1.56 bits per heavy atom. The molecule has 0 aliphatic carbocycles. The van der Waals surface area contributed by atoms with E-state index in [0.717, 1.165) is 7.11 Å². The average Bonchev–Trinajstić information content (AvgIpc) is 2.25. The van der Waals surface area contributed by atoms with Crippen LogP contribution in [0.1, 0.15) is 15.9 Å². The number of hydrogen-bond donors (Lipinski definition) is 2. The molecule has 0 amide bonds. The second-order valence-corrected chi connectivity index (χ2v) is 3.05. The number of nitrogens with zero attached hydrogens (tertiary/aromatic N) is 1. The minimum Gasteiger partial charge on any atom is -0.481 e. The second kappa shape index (κ2) is 5.08. The highest BCUT2D eigenvalue weighted by Crippen LogP contribution is 2.28. The fraction of sp³-hybridized carbons (Fsp3) is 0.333. The lowest BCUT2D eigenvalue weighted by atomic mass is 10.1. The Morgan fingerprint density at radius 3 is 2.56 bits per heavy atom. The average molecular weight is 266 g/mol. The number of halogens is 3. The third-order valence-corrected chi connectivity index (χ3v) is 1.91. The molecule has 0 spiro atoms. The topological polar surface area (TPSA) is 94.7 Å². The van der Waals surface area contributed by atoms with Crippen molar-refractivity contribution >= 4 is 5.97 Å². The number of ether oxygens (including phenoxy) is 2. The van der Waals surface area contributed by atoms with E-state index in [1.807, 2.05) is 0 Å². The molecule has 6 nitrogen and oxygen atoms in total. The van der Waals surface area contributed by atoms with Crippen LogP contribution in [0.5, 0.6) is 11.8 Å². The summed E-state index contributed by atoms with van der Waals surface area (Å²) in [6, 6.07) is 0.639. The number of nitrogens with two attached hydrogens (primary N) is 1. The van der Waals surface area contributed by atoms with Crippen LogP contribution in [0.4, 0.5) is 13.2 Å². The van der Waals surface area contributed by atoms with E-state index in [0.29, 0.717) is 6.07 Å². The molecular weight excluding hydrogens is 257 g/mol. The number of aromatic carboxylic acids is 1. The Bertz CT molecular complexity index is 462. The van der Waals surface area contributed by atoms with Crippen LogP contribution in [0.2, 0.25) is 0 Å². The summed E-state index contributed by atoms with van der Waals surface area (Å²) in [6.45, 7) is -0.246. The van der Waals surface area contributed by atoms with E-state index in [1.165, 1.54) is 0 Å². The first kappa shape index (κ1) is 14.0. The van der Waals surface area contributed by atoms with Gasteiger partial charge in [-0.1, -0.05) is 0 Å². The molecule has 0 saturated heterocycles. The van der Waals surface area contributed by atoms with Gasteiger partial charge in [0.2, 0.25) is 11.8 Å². The van der Waals surface area contributed by atoms with E-state index in [9.17, 15) is 18.0 Å². The first-order chi connectivity index (χ1) is 8.28. The van der Waals surface area contributed by atoms with Crippen molar-refractivity contribution in [2.75, 3.05) is 7.11 Å². The van der Waals surface area contributed by atoms with Gasteiger partial charge in [-0.15, -0.1) is 13.2 Å². The van der Waals surface area contributed by atoms with Crippen LogP contribution < -0.4 is 15.2 Å². The number of carboxylic acids is 1. The summed E-state index contributed by atoms with van der Waals surface area (Å²) in [5.41, 5.74) is 4.83. The third-order valence-electron chi connectivity index (χ3n) is 1.91. The van der Waals surface area contributed by atoms with Gasteiger partial charge in [-0.05, 0) is 0 Å². The van der Waals surface area contributed by atoms with Crippen molar-refractivity contribution in [3.63, 3.8) is 0 Å². The van der Waals surface area contributed by atoms with Crippen LogP contribution in [0.25, 0.3) is 0 Å². The summed E-state index contributed by atoms with van der Waals surface area (Å²) in [5, 5.41) is 8.86. The second-order valence-electron chi connectivity index (χ2n) is 3.05. The van der Waals surface area contributed by atoms with Crippen LogP contribution >= 0.6 is 0 Å². The summed E-state index contributed by atoms with van der Waals surface area (Å²) < 4.78 is 44.3. The van der Waals surface area contributed by atoms with Gasteiger partial charge < -0.3 is 20.3 Å². The molecule has 1 rings (SSSR count). The minimum absolute atomic E-state index is 0.0143. The van der Waals surface area contributed by atoms with Crippen molar-refractivity contribution < 1.29 is 32.5 Å². The van der Waals surface area contributed by atoms with Crippen molar-refractivity contribution in [1.29, 1.82) is 0 Å². The SMILES string of the molecule is COc1nc(OC(F)(F)F)cc(C(=O)O)c1CN. The predicted molar refractivity (Wildman–Crippen MR) is 52.3 cm³/mol. The third kappa shape index (κ3) is 3.23. The van der Waals surface area contributed by atoms with Gasteiger partial charge in [-0.25, -0.2) is 4.79 Å². The van der Waals surface area contributed by atoms with Crippen LogP contribution in [-0.4, -0.2) is 29.5 Å². The molecule has 9 heteroatoms. The number of pyridine rings is 1. The molecule has 0 aliphatic heterocycles. The highest BCUT2D eigenvalue weighted by molar-refractivity contribution is 5.90. The first-order valence-electron chi connectivity index (χ1n) is 4.55. The maximum absolute atomic E-state index is 12.0. The van der Waals surface area contributed by atoms with Crippen molar-refractivity contribution in [3.8, 4) is 11.8 Å². The van der Waals surface area contributed by atoms with E-state index < -0.39 is 23.8 Å². The molecule has 1 heterocycles. The van der Waals surface area contributed by atoms with Crippen LogP contribution in [0.15, 0.2) is 6.07 Å². The van der Waals surface area contributed by atoms with Gasteiger partial charge in [0.15, 0.2) is 0 Å². The molecule has 3 N–H and O–H groups in total. The molecule has 100 valence electrons. The predicted octanol–water partition coefficient (Wildman–Crippen LogP) is 1.15. The van der Waals surface area contributed by atoms with Crippen LogP contribution in [-0.2, 0) is 6.54 Å². The van der Waals surface area contributed by atoms with Crippen LogP contribution in [0.3, 0.4) is 0 Å². The molecule has 18 heavy (non-hydrogen) atoms. The summed E-state index contributed by atoms with van der Waals surface area (Å²) >= 11 is 0. The van der Waals surface area contributed by atoms with E-state index in [-0.39, 0.29) is 18.0 Å². The lowest BCUT2D eigenvalue weighted by Crippen LogP contribution is -2.19. The monoisotopic (exact) mass is 266 g/mol. The zero-order chi connectivity index (χ0) is 13.9. The standard InChI is InChI=1S/C9H9F3N2O4/c1-17-7-5(3-13)4(8(15)16)2-6(14-7)18-9(10,11)12/h2H,3,13H2,1H3,(H,15,16). The number of aromatic nitrogens is 1. The summed E-state index contributed by atoms with van der Waals surface area (Å²) in [7, 11) is 1.13. The summed E-state index contributed by atoms with van der Waals surface area (Å²) in [5.74, 6) is -2.70. The maximum atomic E-state index is 12.0. The van der Waals surface area contributed by atoms with Gasteiger partial charge in [0.1, 0.15) is 0 Å². The number of carboxylic acid groups (broad SMARTS) is 1. The van der Waals surface area contributed by atoms with Crippen LogP contribution in [0, 0.1) is 0 Å². The van der Waals surface area contributed by atoms with E-state index in [2.05, 4.69) is 14.5 Å². The van der Waals surface area contributed by atoms with Gasteiger partial charge >= 0.3 is 12.3 Å². The fourth-order valence-corrected chi connectivity index (χ4v) is 1.25. The Hall–Kier alpha value is -2.03. The fourth-order valence-electron chi connectivity index (χ4n) is 1.25. The van der Waals surface area contributed by atoms with Crippen molar-refractivity contribution in [3.05, 3.63) is 17.2 Å². The molecule has 0 atom stereocenters. The molecule has 1 aromatic heterocycles. The number of rotatable bonds is 4. The van der Waals surface area contributed by atoms with Gasteiger partial charge in [-0.3, -0.25) is 0 Å². The first-order valence-corrected chi connectivity index (χ1v) is 4.55. The minimum atomic E-state index is -4.97. The molecule has 0 aromatic carbocycles. The number of methoxy groups -OCH3 is 1. The molecule has 1 aromatic rings. The number of carbonyl (C=O) groups is 1. The normalized spacial score (nSPS) is 11.2. The Kier molecular flexibility index (Phi) is 3.96. The zero-order valence-corrected chi connectivity index (χ0v) is 9.11. The Labute approximate surface area is 99.1 Å². The van der Waals surface area contributed by atoms with Gasteiger partial charge in [0.05, 0.1) is 12.7 Å². The lowest BCUT2D eigenvalue weighted by Gasteiger charge is -2.13. The number of alkyl halides is 3. The quantitative estimate of drug-likeness (QED) is 0.848. The largest absolute Gasteiger partial charge is 0.574 e. The van der Waals surface area contributed by atoms with E-state index >= 15 is 0 Å². The highest BCUT2D eigenvalue weighted by Gasteiger charge is 2.33. The highest BCUT2D eigenvalue weighted by atomic mass is 19.4. The molecule has 0 saturated carbocycles. The zero-order valence-electron chi connectivity index (χ0n) is 9.11. The number of hydrogen-bond acceptors (Lipinski definition) is 5. The van der Waals surface area contributed by atoms with Crippen molar-refractivity contribution in [2.45, 2.75) is 12.9 Å². The van der Waals surface area contributed by atoms with Gasteiger partial charge in [0, 0.05) is 18.2 Å². The van der Waals surface area contributed by atoms with Gasteiger partial charge in [0.25, 0.3) is 0 Å². The van der Waals surface area contributed by atoms with E-state index in [4.69, 9.17) is 10.8 Å². The molecule has 0 fully saturated rings.